The Balaban J connectivity index is 1.58. The number of piperazine rings is 1. The number of pyridine rings is 1. The van der Waals surface area contributed by atoms with Gasteiger partial charge in [-0.3, -0.25) is 4.79 Å². The first-order valence-corrected chi connectivity index (χ1v) is 9.70. The second-order valence-corrected chi connectivity index (χ2v) is 8.13. The number of H-pyrrole nitrogens is 2. The minimum atomic E-state index is -3.65. The molecule has 1 saturated heterocycles. The molecule has 9 nitrogen and oxygen atoms in total. The molecule has 1 aliphatic rings. The minimum Gasteiger partial charge on any atom is -0.366 e. The van der Waals surface area contributed by atoms with E-state index < -0.39 is 15.6 Å². The molecule has 2 N–H and O–H groups in total. The molecule has 0 amide bonds. The van der Waals surface area contributed by atoms with Crippen LogP contribution in [0.5, 0.6) is 0 Å². The van der Waals surface area contributed by atoms with E-state index in [1.54, 1.807) is 18.3 Å². The Bertz CT molecular complexity index is 1120. The van der Waals surface area contributed by atoms with Crippen molar-refractivity contribution in [1.29, 1.82) is 0 Å². The number of hydrogen-bond donors (Lipinski definition) is 2. The van der Waals surface area contributed by atoms with Crippen molar-refractivity contribution in [3.05, 3.63) is 46.1 Å². The second kappa shape index (κ2) is 6.38. The molecule has 0 spiro atoms. The minimum absolute atomic E-state index is 0.0546. The van der Waals surface area contributed by atoms with Crippen LogP contribution in [0, 0.1) is 0 Å². The van der Waals surface area contributed by atoms with Gasteiger partial charge in [-0.15, -0.1) is 0 Å². The number of nitrogens with zero attached hydrogens (tertiary/aromatic N) is 4. The largest absolute Gasteiger partial charge is 0.366 e. The lowest BCUT2D eigenvalue weighted by Gasteiger charge is -2.35. The zero-order valence-electron chi connectivity index (χ0n) is 13.5. The van der Waals surface area contributed by atoms with E-state index in [0.29, 0.717) is 29.8 Å². The quantitative estimate of drug-likeness (QED) is 0.679. The van der Waals surface area contributed by atoms with E-state index in [4.69, 9.17) is 11.6 Å². The normalized spacial score (nSPS) is 16.3. The van der Waals surface area contributed by atoms with Gasteiger partial charge >= 0.3 is 0 Å². The lowest BCUT2D eigenvalue weighted by Crippen LogP contribution is -2.49. The van der Waals surface area contributed by atoms with Crippen LogP contribution in [0.3, 0.4) is 0 Å². The summed E-state index contributed by atoms with van der Waals surface area (Å²) in [7, 11) is -3.65. The molecule has 1 aliphatic heterocycles. The molecule has 0 atom stereocenters. The molecule has 11 heteroatoms. The molecule has 0 bridgehead atoms. The smallest absolute Gasteiger partial charge is 0.285 e. The van der Waals surface area contributed by atoms with Gasteiger partial charge in [0.25, 0.3) is 5.56 Å². The highest BCUT2D eigenvalue weighted by Gasteiger charge is 2.31. The first-order chi connectivity index (χ1) is 12.5. The molecule has 3 aromatic heterocycles. The molecule has 0 unspecified atom stereocenters. The zero-order chi connectivity index (χ0) is 18.3. The third-order valence-corrected chi connectivity index (χ3v) is 6.69. The van der Waals surface area contributed by atoms with Crippen LogP contribution >= 0.6 is 11.6 Å². The number of aromatic amines is 2. The van der Waals surface area contributed by atoms with Crippen molar-refractivity contribution in [3.63, 3.8) is 0 Å². The van der Waals surface area contributed by atoms with Gasteiger partial charge in [0.1, 0.15) is 15.6 Å². The Hall–Kier alpha value is -2.43. The second-order valence-electron chi connectivity index (χ2n) is 5.84. The summed E-state index contributed by atoms with van der Waals surface area (Å²) in [4.78, 5) is 20.7. The van der Waals surface area contributed by atoms with Crippen molar-refractivity contribution in [2.24, 2.45) is 0 Å². The molecule has 0 aliphatic carbocycles. The van der Waals surface area contributed by atoms with Gasteiger partial charge in [-0.05, 0) is 12.1 Å². The summed E-state index contributed by atoms with van der Waals surface area (Å²) in [5, 5.41) is 6.65. The summed E-state index contributed by atoms with van der Waals surface area (Å²) in [5.41, 5.74) is 0.570. The molecule has 26 heavy (non-hydrogen) atoms. The first-order valence-electron chi connectivity index (χ1n) is 7.89. The summed E-state index contributed by atoms with van der Waals surface area (Å²) in [6.45, 7) is 1.37. The van der Waals surface area contributed by atoms with E-state index in [2.05, 4.69) is 20.2 Å². The fourth-order valence-electron chi connectivity index (χ4n) is 3.05. The van der Waals surface area contributed by atoms with Gasteiger partial charge in [0, 0.05) is 44.0 Å². The highest BCUT2D eigenvalue weighted by molar-refractivity contribution is 7.89. The monoisotopic (exact) mass is 394 g/mol. The first kappa shape index (κ1) is 17.0. The van der Waals surface area contributed by atoms with Crippen molar-refractivity contribution in [2.45, 2.75) is 4.90 Å². The fraction of sp³-hybridized carbons (Fsp3) is 0.267. The lowest BCUT2D eigenvalue weighted by molar-refractivity contribution is 0.385. The van der Waals surface area contributed by atoms with Crippen LogP contribution in [-0.2, 0) is 10.0 Å². The maximum absolute atomic E-state index is 13.0. The van der Waals surface area contributed by atoms with Crippen LogP contribution in [-0.4, -0.2) is 59.1 Å². The summed E-state index contributed by atoms with van der Waals surface area (Å²) in [6, 6.07) is 3.43. The fourth-order valence-corrected chi connectivity index (χ4v) is 4.83. The molecule has 136 valence electrons. The molecule has 3 aromatic rings. The van der Waals surface area contributed by atoms with Crippen LogP contribution < -0.4 is 10.5 Å². The van der Waals surface area contributed by atoms with Gasteiger partial charge in [-0.25, -0.2) is 18.5 Å². The average molecular weight is 395 g/mol. The third kappa shape index (κ3) is 2.75. The predicted molar refractivity (Wildman–Crippen MR) is 96.9 cm³/mol. The van der Waals surface area contributed by atoms with Crippen molar-refractivity contribution in [1.82, 2.24) is 24.5 Å². The van der Waals surface area contributed by atoms with E-state index in [9.17, 15) is 13.2 Å². The SMILES string of the molecule is O=c1[nH]ncc(N2CCN(S(=O)(=O)c3c[nH]c4ncccc34)CC2)c1Cl. The average Bonchev–Trinajstić information content (AvgIpc) is 3.09. The molecule has 4 heterocycles. The third-order valence-electron chi connectivity index (χ3n) is 4.39. The van der Waals surface area contributed by atoms with Crippen LogP contribution in [0.25, 0.3) is 11.0 Å². The molecule has 0 aromatic carbocycles. The number of rotatable bonds is 3. The Labute approximate surface area is 153 Å². The van der Waals surface area contributed by atoms with Gasteiger partial charge < -0.3 is 9.88 Å². The van der Waals surface area contributed by atoms with E-state index in [-0.39, 0.29) is 23.0 Å². The van der Waals surface area contributed by atoms with E-state index in [1.165, 1.54) is 16.7 Å². The number of sulfonamides is 1. The summed E-state index contributed by atoms with van der Waals surface area (Å²) in [6.07, 6.45) is 4.55. The highest BCUT2D eigenvalue weighted by Crippen LogP contribution is 2.27. The lowest BCUT2D eigenvalue weighted by atomic mass is 10.3. The molecule has 1 fully saturated rings. The highest BCUT2D eigenvalue weighted by atomic mass is 35.5. The van der Waals surface area contributed by atoms with Crippen LogP contribution in [0.4, 0.5) is 5.69 Å². The number of fused-ring (bicyclic) bond motifs is 1. The Kier molecular flexibility index (Phi) is 4.17. The summed E-state index contributed by atoms with van der Waals surface area (Å²) >= 11 is 6.03. The molecule has 4 rings (SSSR count). The van der Waals surface area contributed by atoms with Crippen LogP contribution in [0.1, 0.15) is 0 Å². The summed E-state index contributed by atoms with van der Waals surface area (Å²) in [5.74, 6) is 0. The van der Waals surface area contributed by atoms with E-state index in [0.717, 1.165) is 0 Å². The van der Waals surface area contributed by atoms with Gasteiger partial charge in [-0.1, -0.05) is 11.6 Å². The van der Waals surface area contributed by atoms with Crippen molar-refractivity contribution in [3.8, 4) is 0 Å². The molecule has 0 saturated carbocycles. The maximum atomic E-state index is 13.0. The van der Waals surface area contributed by atoms with Crippen LogP contribution in [0.2, 0.25) is 5.02 Å². The Morgan fingerprint density at radius 1 is 1.19 bits per heavy atom. The Morgan fingerprint density at radius 2 is 1.96 bits per heavy atom. The van der Waals surface area contributed by atoms with E-state index >= 15 is 0 Å². The predicted octanol–water partition coefficient (Wildman–Crippen LogP) is 0.811. The summed E-state index contributed by atoms with van der Waals surface area (Å²) < 4.78 is 27.4. The Morgan fingerprint density at radius 3 is 2.73 bits per heavy atom. The zero-order valence-corrected chi connectivity index (χ0v) is 15.1. The van der Waals surface area contributed by atoms with Crippen molar-refractivity contribution in [2.75, 3.05) is 31.1 Å². The molecular formula is C15H15ClN6O3S. The van der Waals surface area contributed by atoms with Crippen molar-refractivity contribution >= 4 is 38.3 Å². The topological polar surface area (TPSA) is 115 Å². The number of anilines is 1. The van der Waals surface area contributed by atoms with Gasteiger partial charge in [0.05, 0.1) is 11.9 Å². The number of hydrogen-bond acceptors (Lipinski definition) is 6. The molecular weight excluding hydrogens is 380 g/mol. The van der Waals surface area contributed by atoms with Gasteiger partial charge in [0.2, 0.25) is 10.0 Å². The standard InChI is InChI=1S/C15H15ClN6O3S/c16-13-11(8-19-20-15(13)23)21-4-6-22(7-5-21)26(24,25)12-9-18-14-10(12)2-1-3-17-14/h1-3,8-9H,4-7H2,(H,17,18)(H,20,23). The van der Waals surface area contributed by atoms with Crippen molar-refractivity contribution < 1.29 is 8.42 Å². The van der Waals surface area contributed by atoms with E-state index in [1.807, 2.05) is 4.90 Å². The number of aromatic nitrogens is 4. The van der Waals surface area contributed by atoms with Gasteiger partial charge in [0.15, 0.2) is 0 Å². The molecule has 0 radical (unpaired) electrons. The maximum Gasteiger partial charge on any atom is 0.285 e. The number of nitrogens with one attached hydrogen (secondary N) is 2. The number of halogens is 1. The van der Waals surface area contributed by atoms with Gasteiger partial charge in [-0.2, -0.15) is 9.40 Å². The van der Waals surface area contributed by atoms with Crippen LogP contribution in [0.15, 0.2) is 40.4 Å².